The van der Waals surface area contributed by atoms with Gasteiger partial charge in [-0.1, -0.05) is 170 Å². The Balaban J connectivity index is 0.000000182. The van der Waals surface area contributed by atoms with Crippen LogP contribution in [0.15, 0.2) is 204 Å². The van der Waals surface area contributed by atoms with Gasteiger partial charge in [-0.05, 0) is 110 Å². The molecule has 10 aromatic rings. The maximum absolute atomic E-state index is 13.3. The first-order chi connectivity index (χ1) is 36.0. The van der Waals surface area contributed by atoms with Crippen molar-refractivity contribution in [3.63, 3.8) is 0 Å². The van der Waals surface area contributed by atoms with Crippen molar-refractivity contribution in [2.24, 2.45) is 9.98 Å². The van der Waals surface area contributed by atoms with Gasteiger partial charge in [0.25, 0.3) is 0 Å². The Morgan fingerprint density at radius 3 is 1.05 bits per heavy atom. The van der Waals surface area contributed by atoms with E-state index < -0.39 is 0 Å². The van der Waals surface area contributed by atoms with Crippen molar-refractivity contribution in [2.45, 2.75) is 41.5 Å². The van der Waals surface area contributed by atoms with Crippen LogP contribution in [0.25, 0.3) is 44.3 Å². The third-order valence-electron chi connectivity index (χ3n) is 13.1. The van der Waals surface area contributed by atoms with Crippen LogP contribution in [0.4, 0.5) is 22.7 Å². The Bertz CT molecular complexity index is 3510. The molecule has 0 saturated carbocycles. The summed E-state index contributed by atoms with van der Waals surface area (Å²) in [5.41, 5.74) is 15.9. The zero-order chi connectivity index (χ0) is 51.9. The summed E-state index contributed by atoms with van der Waals surface area (Å²) in [5, 5.41) is 8.83. The number of esters is 2. The van der Waals surface area contributed by atoms with Gasteiger partial charge in [-0.15, -0.1) is 0 Å². The van der Waals surface area contributed by atoms with Crippen LogP contribution in [0.2, 0.25) is 0 Å². The number of rotatable bonds is 8. The molecule has 0 saturated heterocycles. The van der Waals surface area contributed by atoms with Crippen molar-refractivity contribution in [2.75, 3.05) is 24.9 Å². The van der Waals surface area contributed by atoms with Crippen molar-refractivity contribution < 1.29 is 19.1 Å². The molecular formula is C64H58N6O4. The van der Waals surface area contributed by atoms with E-state index in [1.54, 1.807) is 0 Å². The van der Waals surface area contributed by atoms with E-state index in [9.17, 15) is 9.59 Å². The highest BCUT2D eigenvalue weighted by molar-refractivity contribution is 6.18. The summed E-state index contributed by atoms with van der Waals surface area (Å²) < 4.78 is 14.7. The Morgan fingerprint density at radius 1 is 0.378 bits per heavy atom. The number of hydrogen-bond donors (Lipinski definition) is 2. The lowest BCUT2D eigenvalue weighted by Gasteiger charge is -2.19. The first-order valence-corrected chi connectivity index (χ1v) is 24.5. The number of nitrogens with zero attached hydrogens (tertiary/aromatic N) is 4. The molecule has 2 N–H and O–H groups in total. The number of ether oxygens (including phenoxy) is 2. The molecule has 0 aliphatic heterocycles. The van der Waals surface area contributed by atoms with Gasteiger partial charge in [0.2, 0.25) is 11.9 Å². The largest absolute Gasteiger partial charge is 0.465 e. The van der Waals surface area contributed by atoms with Crippen LogP contribution < -0.4 is 10.6 Å². The molecule has 0 aliphatic carbocycles. The van der Waals surface area contributed by atoms with Crippen molar-refractivity contribution in [3.8, 4) is 22.5 Å². The van der Waals surface area contributed by atoms with Crippen molar-refractivity contribution in [1.29, 1.82) is 0 Å². The van der Waals surface area contributed by atoms with Crippen LogP contribution >= 0.6 is 0 Å². The number of anilines is 2. The Hall–Kier alpha value is -9.28. The van der Waals surface area contributed by atoms with E-state index in [1.807, 2.05) is 210 Å². The summed E-state index contributed by atoms with van der Waals surface area (Å²) in [7, 11) is 2.84. The van der Waals surface area contributed by atoms with Gasteiger partial charge >= 0.3 is 11.9 Å². The molecule has 2 heterocycles. The summed E-state index contributed by atoms with van der Waals surface area (Å²) in [6, 6.07) is 64.1. The smallest absolute Gasteiger partial charge is 0.340 e. The number of methoxy groups -OCH3 is 2. The Morgan fingerprint density at radius 2 is 0.703 bits per heavy atom. The first-order valence-electron chi connectivity index (χ1n) is 24.5. The number of hydrogen-bond acceptors (Lipinski definition) is 6. The van der Waals surface area contributed by atoms with E-state index >= 15 is 0 Å². The number of carbonyl (C=O) groups excluding carboxylic acids is 2. The number of fused-ring (bicyclic) bond motifs is 2. The third kappa shape index (κ3) is 9.98. The van der Waals surface area contributed by atoms with E-state index in [2.05, 4.69) is 45.7 Å². The molecule has 0 spiro atoms. The minimum absolute atomic E-state index is 0.390. The molecule has 8 aromatic carbocycles. The van der Waals surface area contributed by atoms with Crippen LogP contribution in [0, 0.1) is 41.5 Å². The van der Waals surface area contributed by atoms with E-state index in [4.69, 9.17) is 19.5 Å². The molecule has 74 heavy (non-hydrogen) atoms. The molecule has 0 bridgehead atoms. The van der Waals surface area contributed by atoms with Gasteiger partial charge in [-0.25, -0.2) is 19.6 Å². The van der Waals surface area contributed by atoms with Gasteiger partial charge in [0, 0.05) is 22.1 Å². The number of para-hydroxylation sites is 6. The topological polar surface area (TPSA) is 111 Å². The normalized spacial score (nSPS) is 11.5. The molecule has 0 amide bonds. The molecule has 0 fully saturated rings. The molecule has 0 atom stereocenters. The molecule has 0 unspecified atom stereocenters. The molecule has 0 radical (unpaired) electrons. The lowest BCUT2D eigenvalue weighted by atomic mass is 10.0. The number of aromatic nitrogens is 2. The minimum atomic E-state index is -0.390. The lowest BCUT2D eigenvalue weighted by Crippen LogP contribution is -2.24. The number of aryl methyl sites for hydroxylation is 6. The zero-order valence-electron chi connectivity index (χ0n) is 42.9. The van der Waals surface area contributed by atoms with Gasteiger partial charge in [-0.2, -0.15) is 0 Å². The van der Waals surface area contributed by atoms with Crippen molar-refractivity contribution in [1.82, 2.24) is 9.13 Å². The Kier molecular flexibility index (Phi) is 14.8. The predicted molar refractivity (Wildman–Crippen MR) is 304 cm³/mol. The van der Waals surface area contributed by atoms with E-state index in [-0.39, 0.29) is 11.9 Å². The molecular weight excluding hydrogens is 917 g/mol. The van der Waals surface area contributed by atoms with Gasteiger partial charge in [0.05, 0.1) is 59.1 Å². The highest BCUT2D eigenvalue weighted by atomic mass is 16.5. The maximum Gasteiger partial charge on any atom is 0.340 e. The Labute approximate surface area is 432 Å². The predicted octanol–water partition coefficient (Wildman–Crippen LogP) is 15.3. The van der Waals surface area contributed by atoms with Crippen molar-refractivity contribution in [3.05, 3.63) is 239 Å². The minimum Gasteiger partial charge on any atom is -0.465 e. The first kappa shape index (κ1) is 49.7. The fourth-order valence-electron chi connectivity index (χ4n) is 9.34. The number of carbonyl (C=O) groups is 2. The monoisotopic (exact) mass is 974 g/mol. The van der Waals surface area contributed by atoms with Gasteiger partial charge in [0.1, 0.15) is 0 Å². The number of benzene rings is 8. The zero-order valence-corrected chi connectivity index (χ0v) is 42.9. The van der Waals surface area contributed by atoms with Crippen molar-refractivity contribution >= 4 is 68.4 Å². The molecule has 10 heteroatoms. The lowest BCUT2D eigenvalue weighted by molar-refractivity contribution is 0.0594. The summed E-state index contributed by atoms with van der Waals surface area (Å²) in [5.74, 6) is 0.410. The second-order valence-corrected chi connectivity index (χ2v) is 18.1. The standard InChI is InChI=1S/2C32H29N3O2/c2*1-21-13-8-10-19-26(21)33-32(34-27-20-11-9-14-22(27)2)35-29-23(3)15-12-18-25(29)28(31(36)37-4)30(35)24-16-6-5-7-17-24/h2*5-20H,1-4H3,(H,33,34). The maximum atomic E-state index is 13.3. The quantitative estimate of drug-likeness (QED) is 0.0891. The van der Waals surface area contributed by atoms with Gasteiger partial charge in [0.15, 0.2) is 0 Å². The molecule has 10 rings (SSSR count). The average Bonchev–Trinajstić information content (AvgIpc) is 3.97. The summed E-state index contributed by atoms with van der Waals surface area (Å²) >= 11 is 0. The van der Waals surface area contributed by atoms with E-state index in [0.717, 1.165) is 100 Å². The van der Waals surface area contributed by atoms with Crippen LogP contribution in [-0.2, 0) is 9.47 Å². The van der Waals surface area contributed by atoms with Crippen LogP contribution in [-0.4, -0.2) is 47.2 Å². The second kappa shape index (κ2) is 22.0. The molecule has 2 aromatic heterocycles. The van der Waals surface area contributed by atoms with Crippen LogP contribution in [0.3, 0.4) is 0 Å². The fraction of sp³-hybridized carbons (Fsp3) is 0.125. The summed E-state index contributed by atoms with van der Waals surface area (Å²) in [6.45, 7) is 12.3. The van der Waals surface area contributed by atoms with E-state index in [0.29, 0.717) is 23.0 Å². The van der Waals surface area contributed by atoms with Crippen LogP contribution in [0.1, 0.15) is 54.1 Å². The van der Waals surface area contributed by atoms with E-state index in [1.165, 1.54) is 14.2 Å². The highest BCUT2D eigenvalue weighted by Crippen LogP contribution is 2.39. The number of aliphatic imine (C=N–C) groups is 2. The SMILES string of the molecule is COC(=O)c1c(-c2ccccc2)n(C(=Nc2ccccc2C)Nc2ccccc2C)c2c(C)cccc12.COC(=O)c1c(-c2ccccc2)n(C(=Nc2ccccc2C)Nc2ccccc2C)c2c(C)cccc12. The fourth-order valence-corrected chi connectivity index (χ4v) is 9.34. The molecule has 0 aliphatic rings. The summed E-state index contributed by atoms with van der Waals surface area (Å²) in [6.07, 6.45) is 0. The highest BCUT2D eigenvalue weighted by Gasteiger charge is 2.30. The van der Waals surface area contributed by atoms with Gasteiger partial charge < -0.3 is 20.1 Å². The average molecular weight is 975 g/mol. The third-order valence-corrected chi connectivity index (χ3v) is 13.1. The van der Waals surface area contributed by atoms with Gasteiger partial charge in [-0.3, -0.25) is 9.13 Å². The molecule has 368 valence electrons. The van der Waals surface area contributed by atoms with Crippen LogP contribution in [0.5, 0.6) is 0 Å². The number of nitrogens with one attached hydrogen (secondary N) is 2. The second-order valence-electron chi connectivity index (χ2n) is 18.1. The summed E-state index contributed by atoms with van der Waals surface area (Å²) in [4.78, 5) is 36.9. The molecule has 10 nitrogen and oxygen atoms in total.